The smallest absolute Gasteiger partial charge is 0.266 e. The van der Waals surface area contributed by atoms with Crippen LogP contribution in [-0.2, 0) is 4.79 Å². The van der Waals surface area contributed by atoms with E-state index in [2.05, 4.69) is 5.32 Å². The number of hydrogen-bond acceptors (Lipinski definition) is 2. The number of nitrogens with one attached hydrogen (secondary N) is 1. The summed E-state index contributed by atoms with van der Waals surface area (Å²) >= 11 is 5.98. The molecule has 1 N–H and O–H groups in total. The van der Waals surface area contributed by atoms with Crippen LogP contribution < -0.4 is 5.32 Å². The Labute approximate surface area is 132 Å². The van der Waals surface area contributed by atoms with Crippen molar-refractivity contribution in [2.24, 2.45) is 0 Å². The molecule has 2 aromatic carbocycles. The van der Waals surface area contributed by atoms with Crippen molar-refractivity contribution in [2.75, 3.05) is 5.32 Å². The van der Waals surface area contributed by atoms with Crippen molar-refractivity contribution in [3.8, 4) is 6.07 Å². The van der Waals surface area contributed by atoms with Crippen molar-refractivity contribution < 1.29 is 9.18 Å². The van der Waals surface area contributed by atoms with E-state index in [0.717, 1.165) is 0 Å². The average Bonchev–Trinajstić information content (AvgIpc) is 2.51. The molecule has 0 heterocycles. The lowest BCUT2D eigenvalue weighted by atomic mass is 10.1. The number of anilines is 1. The van der Waals surface area contributed by atoms with Gasteiger partial charge in [-0.2, -0.15) is 5.26 Å². The zero-order valence-electron chi connectivity index (χ0n) is 11.7. The highest BCUT2D eigenvalue weighted by Gasteiger charge is 2.12. The number of nitrogens with zero attached hydrogens (tertiary/aromatic N) is 1. The topological polar surface area (TPSA) is 52.9 Å². The molecule has 0 saturated carbocycles. The van der Waals surface area contributed by atoms with Crippen LogP contribution in [0.4, 0.5) is 10.1 Å². The molecule has 0 spiro atoms. The summed E-state index contributed by atoms with van der Waals surface area (Å²) in [5.41, 5.74) is 1.19. The van der Waals surface area contributed by atoms with Gasteiger partial charge in [0.1, 0.15) is 17.5 Å². The lowest BCUT2D eigenvalue weighted by Crippen LogP contribution is -2.14. The van der Waals surface area contributed by atoms with E-state index in [9.17, 15) is 9.18 Å². The summed E-state index contributed by atoms with van der Waals surface area (Å²) in [6, 6.07) is 12.8. The summed E-state index contributed by atoms with van der Waals surface area (Å²) in [6.45, 7) is 1.75. The van der Waals surface area contributed by atoms with Gasteiger partial charge in [-0.05, 0) is 36.8 Å². The van der Waals surface area contributed by atoms with Crippen LogP contribution in [0.15, 0.2) is 48.0 Å². The minimum atomic E-state index is -0.615. The standard InChI is InChI=1S/C17H12ClFN2O/c1-11-14(18)6-4-8-16(11)21-17(22)13(10-20)9-12-5-2-3-7-15(12)19/h2-9H,1H3,(H,21,22)/b13-9-. The SMILES string of the molecule is Cc1c(Cl)cccc1NC(=O)/C(C#N)=C\c1ccccc1F. The second-order valence-corrected chi connectivity index (χ2v) is 4.97. The number of carbonyl (C=O) groups excluding carboxylic acids is 1. The zero-order valence-corrected chi connectivity index (χ0v) is 12.5. The molecule has 110 valence electrons. The molecule has 0 aliphatic heterocycles. The number of hydrogen-bond donors (Lipinski definition) is 1. The van der Waals surface area contributed by atoms with Crippen molar-refractivity contribution in [1.29, 1.82) is 5.26 Å². The largest absolute Gasteiger partial charge is 0.321 e. The van der Waals surface area contributed by atoms with Gasteiger partial charge in [-0.3, -0.25) is 4.79 Å². The molecule has 5 heteroatoms. The summed E-state index contributed by atoms with van der Waals surface area (Å²) in [4.78, 5) is 12.2. The monoisotopic (exact) mass is 314 g/mol. The van der Waals surface area contributed by atoms with Gasteiger partial charge >= 0.3 is 0 Å². The Morgan fingerprint density at radius 3 is 2.68 bits per heavy atom. The molecule has 2 aromatic rings. The Balaban J connectivity index is 2.29. The van der Waals surface area contributed by atoms with Crippen molar-refractivity contribution >= 4 is 29.3 Å². The fourth-order valence-electron chi connectivity index (χ4n) is 1.83. The van der Waals surface area contributed by atoms with Gasteiger partial charge in [-0.1, -0.05) is 35.9 Å². The molecule has 0 saturated heterocycles. The van der Waals surface area contributed by atoms with Gasteiger partial charge in [0.15, 0.2) is 0 Å². The lowest BCUT2D eigenvalue weighted by Gasteiger charge is -2.09. The van der Waals surface area contributed by atoms with Crippen LogP contribution in [-0.4, -0.2) is 5.91 Å². The van der Waals surface area contributed by atoms with Crippen molar-refractivity contribution in [3.63, 3.8) is 0 Å². The van der Waals surface area contributed by atoms with Gasteiger partial charge < -0.3 is 5.32 Å². The Morgan fingerprint density at radius 1 is 1.27 bits per heavy atom. The average molecular weight is 315 g/mol. The summed E-state index contributed by atoms with van der Waals surface area (Å²) < 4.78 is 13.6. The number of benzene rings is 2. The molecule has 0 radical (unpaired) electrons. The summed E-state index contributed by atoms with van der Waals surface area (Å²) in [5, 5.41) is 12.2. The molecule has 1 amide bonds. The van der Waals surface area contributed by atoms with Crippen LogP contribution in [0, 0.1) is 24.1 Å². The van der Waals surface area contributed by atoms with E-state index in [1.165, 1.54) is 24.3 Å². The first kappa shape index (κ1) is 15.7. The minimum absolute atomic E-state index is 0.178. The molecule has 0 aliphatic carbocycles. The first-order chi connectivity index (χ1) is 10.5. The van der Waals surface area contributed by atoms with E-state index >= 15 is 0 Å². The van der Waals surface area contributed by atoms with Gasteiger partial charge in [0.05, 0.1) is 0 Å². The predicted molar refractivity (Wildman–Crippen MR) is 84.8 cm³/mol. The van der Waals surface area contributed by atoms with E-state index in [4.69, 9.17) is 16.9 Å². The molecule has 22 heavy (non-hydrogen) atoms. The third kappa shape index (κ3) is 3.51. The molecular formula is C17H12ClFN2O. The van der Waals surface area contributed by atoms with E-state index in [0.29, 0.717) is 16.3 Å². The van der Waals surface area contributed by atoms with Crippen LogP contribution in [0.3, 0.4) is 0 Å². The molecule has 0 aliphatic rings. The number of nitriles is 1. The van der Waals surface area contributed by atoms with Crippen LogP contribution in [0.1, 0.15) is 11.1 Å². The molecule has 3 nitrogen and oxygen atoms in total. The Bertz CT molecular complexity index is 793. The molecular weight excluding hydrogens is 303 g/mol. The van der Waals surface area contributed by atoms with Crippen LogP contribution in [0.25, 0.3) is 6.08 Å². The van der Waals surface area contributed by atoms with E-state index in [-0.39, 0.29) is 11.1 Å². The Kier molecular flexibility index (Phi) is 4.92. The summed E-state index contributed by atoms with van der Waals surface area (Å²) in [6.07, 6.45) is 1.21. The third-order valence-corrected chi connectivity index (χ3v) is 3.50. The van der Waals surface area contributed by atoms with Gasteiger partial charge in [-0.15, -0.1) is 0 Å². The number of rotatable bonds is 3. The first-order valence-electron chi connectivity index (χ1n) is 6.45. The Morgan fingerprint density at radius 2 is 2.00 bits per heavy atom. The maximum absolute atomic E-state index is 13.6. The fraction of sp³-hybridized carbons (Fsp3) is 0.0588. The maximum Gasteiger partial charge on any atom is 0.266 e. The van der Waals surface area contributed by atoms with Gasteiger partial charge in [0, 0.05) is 16.3 Å². The predicted octanol–water partition coefficient (Wildman–Crippen LogP) is 4.33. The molecule has 0 aromatic heterocycles. The van der Waals surface area contributed by atoms with Crippen molar-refractivity contribution in [1.82, 2.24) is 0 Å². The number of carbonyl (C=O) groups is 1. The van der Waals surface area contributed by atoms with Gasteiger partial charge in [0.25, 0.3) is 5.91 Å². The lowest BCUT2D eigenvalue weighted by molar-refractivity contribution is -0.112. The van der Waals surface area contributed by atoms with Crippen LogP contribution in [0.2, 0.25) is 5.02 Å². The fourth-order valence-corrected chi connectivity index (χ4v) is 2.00. The van der Waals surface area contributed by atoms with Crippen molar-refractivity contribution in [2.45, 2.75) is 6.92 Å². The molecule has 0 fully saturated rings. The normalized spacial score (nSPS) is 10.9. The van der Waals surface area contributed by atoms with E-state index in [1.807, 2.05) is 0 Å². The molecule has 0 bridgehead atoms. The Hall–Kier alpha value is -2.64. The third-order valence-electron chi connectivity index (χ3n) is 3.09. The highest BCUT2D eigenvalue weighted by molar-refractivity contribution is 6.31. The van der Waals surface area contributed by atoms with Crippen molar-refractivity contribution in [3.05, 3.63) is 70.0 Å². The van der Waals surface area contributed by atoms with E-state index in [1.54, 1.807) is 37.3 Å². The molecule has 2 rings (SSSR count). The quantitative estimate of drug-likeness (QED) is 0.677. The van der Waals surface area contributed by atoms with Crippen LogP contribution >= 0.6 is 11.6 Å². The first-order valence-corrected chi connectivity index (χ1v) is 6.83. The molecule has 0 unspecified atom stereocenters. The van der Waals surface area contributed by atoms with Gasteiger partial charge in [0.2, 0.25) is 0 Å². The second-order valence-electron chi connectivity index (χ2n) is 4.56. The highest BCUT2D eigenvalue weighted by atomic mass is 35.5. The van der Waals surface area contributed by atoms with Gasteiger partial charge in [-0.25, -0.2) is 4.39 Å². The maximum atomic E-state index is 13.6. The summed E-state index contributed by atoms with van der Waals surface area (Å²) in [7, 11) is 0. The second kappa shape index (κ2) is 6.88. The zero-order chi connectivity index (χ0) is 16.1. The van der Waals surface area contributed by atoms with E-state index < -0.39 is 11.7 Å². The highest BCUT2D eigenvalue weighted by Crippen LogP contribution is 2.23. The summed E-state index contributed by atoms with van der Waals surface area (Å²) in [5.74, 6) is -1.11. The molecule has 0 atom stereocenters. The number of amides is 1. The number of halogens is 2. The minimum Gasteiger partial charge on any atom is -0.321 e. The van der Waals surface area contributed by atoms with Crippen LogP contribution in [0.5, 0.6) is 0 Å².